The molecule has 1 aromatic rings. The standard InChI is InChI=1S/C11H13Cl2N3O3S/c12-6-3-8(13)11(9(14)4-6)20(18,19)15-5-7-1-2-10(17)16-7/h3-4,7,15H,1-2,5,14H2,(H,16,17). The lowest BCUT2D eigenvalue weighted by atomic mass is 10.2. The van der Waals surface area contributed by atoms with E-state index >= 15 is 0 Å². The molecule has 2 rings (SSSR count). The van der Waals surface area contributed by atoms with Gasteiger partial charge in [-0.3, -0.25) is 4.79 Å². The highest BCUT2D eigenvalue weighted by atomic mass is 35.5. The number of benzene rings is 1. The first kappa shape index (κ1) is 15.4. The van der Waals surface area contributed by atoms with Crippen LogP contribution in [0.2, 0.25) is 10.0 Å². The van der Waals surface area contributed by atoms with E-state index in [1.54, 1.807) is 0 Å². The maximum atomic E-state index is 12.2. The van der Waals surface area contributed by atoms with Gasteiger partial charge in [-0.05, 0) is 18.6 Å². The first-order valence-electron chi connectivity index (χ1n) is 5.83. The zero-order chi connectivity index (χ0) is 14.9. The van der Waals surface area contributed by atoms with Crippen LogP contribution in [0.4, 0.5) is 5.69 Å². The van der Waals surface area contributed by atoms with Crippen LogP contribution in [0.15, 0.2) is 17.0 Å². The van der Waals surface area contributed by atoms with Gasteiger partial charge < -0.3 is 11.1 Å². The second kappa shape index (κ2) is 5.77. The van der Waals surface area contributed by atoms with E-state index in [9.17, 15) is 13.2 Å². The van der Waals surface area contributed by atoms with Crippen molar-refractivity contribution < 1.29 is 13.2 Å². The van der Waals surface area contributed by atoms with Crippen LogP contribution in [0, 0.1) is 0 Å². The number of halogens is 2. The van der Waals surface area contributed by atoms with Crippen molar-refractivity contribution in [1.82, 2.24) is 10.0 Å². The van der Waals surface area contributed by atoms with Crippen LogP contribution in [-0.4, -0.2) is 26.9 Å². The monoisotopic (exact) mass is 337 g/mol. The van der Waals surface area contributed by atoms with Gasteiger partial charge in [0.2, 0.25) is 15.9 Å². The number of nitrogens with two attached hydrogens (primary N) is 1. The number of carbonyl (C=O) groups is 1. The maximum absolute atomic E-state index is 12.2. The Hall–Kier alpha value is -1.02. The predicted octanol–water partition coefficient (Wildman–Crippen LogP) is 1.13. The van der Waals surface area contributed by atoms with Gasteiger partial charge in [0, 0.05) is 24.0 Å². The van der Waals surface area contributed by atoms with Crippen LogP contribution in [0.1, 0.15) is 12.8 Å². The molecule has 0 spiro atoms. The van der Waals surface area contributed by atoms with Gasteiger partial charge in [-0.25, -0.2) is 13.1 Å². The average molecular weight is 338 g/mol. The Bertz CT molecular complexity index is 625. The molecule has 0 saturated carbocycles. The van der Waals surface area contributed by atoms with Crippen LogP contribution in [-0.2, 0) is 14.8 Å². The fraction of sp³-hybridized carbons (Fsp3) is 0.364. The minimum absolute atomic E-state index is 0.0227. The Morgan fingerprint density at radius 2 is 2.10 bits per heavy atom. The Morgan fingerprint density at radius 1 is 1.40 bits per heavy atom. The van der Waals surface area contributed by atoms with Crippen molar-refractivity contribution in [2.45, 2.75) is 23.8 Å². The molecule has 110 valence electrons. The molecule has 9 heteroatoms. The van der Waals surface area contributed by atoms with Crippen molar-refractivity contribution in [3.63, 3.8) is 0 Å². The largest absolute Gasteiger partial charge is 0.398 e. The van der Waals surface area contributed by atoms with Gasteiger partial charge in [0.25, 0.3) is 0 Å². The fourth-order valence-corrected chi connectivity index (χ4v) is 4.04. The number of nitrogens with one attached hydrogen (secondary N) is 2. The Kier molecular flexibility index (Phi) is 4.43. The summed E-state index contributed by atoms with van der Waals surface area (Å²) in [7, 11) is -3.86. The fourth-order valence-electron chi connectivity index (χ4n) is 1.98. The summed E-state index contributed by atoms with van der Waals surface area (Å²) in [5.74, 6) is -0.0850. The molecule has 1 fully saturated rings. The summed E-state index contributed by atoms with van der Waals surface area (Å²) in [6.07, 6.45) is 0.988. The van der Waals surface area contributed by atoms with E-state index in [1.807, 2.05) is 0 Å². The summed E-state index contributed by atoms with van der Waals surface area (Å²) in [5.41, 5.74) is 5.63. The van der Waals surface area contributed by atoms with Crippen molar-refractivity contribution in [2.75, 3.05) is 12.3 Å². The third-order valence-electron chi connectivity index (χ3n) is 2.91. The Morgan fingerprint density at radius 3 is 2.65 bits per heavy atom. The average Bonchev–Trinajstić information content (AvgIpc) is 2.71. The SMILES string of the molecule is Nc1cc(Cl)cc(Cl)c1S(=O)(=O)NCC1CCC(=O)N1. The molecule has 4 N–H and O–H groups in total. The smallest absolute Gasteiger partial charge is 0.244 e. The van der Waals surface area contributed by atoms with E-state index in [0.29, 0.717) is 12.8 Å². The summed E-state index contributed by atoms with van der Waals surface area (Å²) in [6, 6.07) is 2.41. The molecular formula is C11H13Cl2N3O3S. The molecule has 1 aliphatic rings. The van der Waals surface area contributed by atoms with E-state index in [2.05, 4.69) is 10.0 Å². The van der Waals surface area contributed by atoms with Crippen LogP contribution >= 0.6 is 23.2 Å². The maximum Gasteiger partial charge on any atom is 0.244 e. The third kappa shape index (κ3) is 3.35. The zero-order valence-electron chi connectivity index (χ0n) is 10.3. The summed E-state index contributed by atoms with van der Waals surface area (Å²) < 4.78 is 26.8. The number of sulfonamides is 1. The minimum Gasteiger partial charge on any atom is -0.398 e. The van der Waals surface area contributed by atoms with Crippen molar-refractivity contribution in [3.05, 3.63) is 22.2 Å². The summed E-state index contributed by atoms with van der Waals surface area (Å²) in [4.78, 5) is 10.8. The van der Waals surface area contributed by atoms with E-state index in [1.165, 1.54) is 12.1 Å². The predicted molar refractivity (Wildman–Crippen MR) is 77.2 cm³/mol. The zero-order valence-corrected chi connectivity index (χ0v) is 12.6. The number of anilines is 1. The number of amides is 1. The topological polar surface area (TPSA) is 101 Å². The normalized spacial score (nSPS) is 19.1. The molecular weight excluding hydrogens is 325 g/mol. The number of carbonyl (C=O) groups excluding carboxylic acids is 1. The van der Waals surface area contributed by atoms with Gasteiger partial charge in [-0.1, -0.05) is 23.2 Å². The lowest BCUT2D eigenvalue weighted by Crippen LogP contribution is -2.38. The van der Waals surface area contributed by atoms with Crippen LogP contribution in [0.3, 0.4) is 0 Å². The van der Waals surface area contributed by atoms with Crippen LogP contribution in [0.5, 0.6) is 0 Å². The number of hydrogen-bond donors (Lipinski definition) is 3. The molecule has 1 aliphatic heterocycles. The highest BCUT2D eigenvalue weighted by molar-refractivity contribution is 7.89. The second-order valence-corrected chi connectivity index (χ2v) is 7.01. The lowest BCUT2D eigenvalue weighted by Gasteiger charge is -2.14. The van der Waals surface area contributed by atoms with Gasteiger partial charge in [0.1, 0.15) is 4.90 Å². The summed E-state index contributed by atoms with van der Waals surface area (Å²) in [6.45, 7) is 0.0898. The van der Waals surface area contributed by atoms with Gasteiger partial charge in [0.15, 0.2) is 0 Å². The highest BCUT2D eigenvalue weighted by Gasteiger charge is 2.26. The lowest BCUT2D eigenvalue weighted by molar-refractivity contribution is -0.119. The van der Waals surface area contributed by atoms with Crippen LogP contribution in [0.25, 0.3) is 0 Å². The number of nitrogen functional groups attached to an aromatic ring is 1. The molecule has 20 heavy (non-hydrogen) atoms. The summed E-state index contributed by atoms with van der Waals surface area (Å²) in [5, 5.41) is 2.88. The molecule has 1 saturated heterocycles. The first-order valence-corrected chi connectivity index (χ1v) is 8.07. The summed E-state index contributed by atoms with van der Waals surface area (Å²) >= 11 is 11.6. The van der Waals surface area contributed by atoms with Gasteiger partial charge in [0.05, 0.1) is 10.7 Å². The molecule has 1 amide bonds. The highest BCUT2D eigenvalue weighted by Crippen LogP contribution is 2.30. The van der Waals surface area contributed by atoms with Crippen molar-refractivity contribution >= 4 is 44.8 Å². The minimum atomic E-state index is -3.86. The van der Waals surface area contributed by atoms with E-state index in [0.717, 1.165) is 0 Å². The molecule has 1 aromatic carbocycles. The molecule has 0 aliphatic carbocycles. The van der Waals surface area contributed by atoms with Crippen LogP contribution < -0.4 is 15.8 Å². The van der Waals surface area contributed by atoms with Gasteiger partial charge in [-0.2, -0.15) is 0 Å². The molecule has 1 unspecified atom stereocenters. The Labute approximate surface area is 126 Å². The van der Waals surface area contributed by atoms with Gasteiger partial charge in [-0.15, -0.1) is 0 Å². The van der Waals surface area contributed by atoms with Crippen molar-refractivity contribution in [1.29, 1.82) is 0 Å². The quantitative estimate of drug-likeness (QED) is 0.717. The van der Waals surface area contributed by atoms with E-state index in [-0.39, 0.29) is 39.1 Å². The third-order valence-corrected chi connectivity index (χ3v) is 5.08. The molecule has 0 aromatic heterocycles. The molecule has 1 atom stereocenters. The first-order chi connectivity index (χ1) is 9.29. The Balaban J connectivity index is 2.16. The van der Waals surface area contributed by atoms with Gasteiger partial charge >= 0.3 is 0 Å². The molecule has 0 bridgehead atoms. The number of hydrogen-bond acceptors (Lipinski definition) is 4. The van der Waals surface area contributed by atoms with E-state index in [4.69, 9.17) is 28.9 Å². The van der Waals surface area contributed by atoms with Crippen molar-refractivity contribution in [3.8, 4) is 0 Å². The van der Waals surface area contributed by atoms with E-state index < -0.39 is 10.0 Å². The second-order valence-electron chi connectivity index (χ2n) is 4.46. The number of rotatable bonds is 4. The molecule has 0 radical (unpaired) electrons. The molecule has 1 heterocycles. The van der Waals surface area contributed by atoms with Crippen molar-refractivity contribution in [2.24, 2.45) is 0 Å². The molecule has 6 nitrogen and oxygen atoms in total.